The van der Waals surface area contributed by atoms with Crippen LogP contribution in [0, 0.1) is 0 Å². The number of rotatable bonds is 10. The van der Waals surface area contributed by atoms with E-state index in [0.29, 0.717) is 46.4 Å². The second-order valence-corrected chi connectivity index (χ2v) is 6.87. The maximum Gasteiger partial charge on any atom is 0.307 e. The Kier molecular flexibility index (Phi) is 6.72. The lowest BCUT2D eigenvalue weighted by Gasteiger charge is -2.14. The van der Waals surface area contributed by atoms with Gasteiger partial charge in [-0.2, -0.15) is 0 Å². The van der Waals surface area contributed by atoms with Gasteiger partial charge in [-0.05, 0) is 36.2 Å². The number of benzene rings is 2. The number of H-pyrrole nitrogens is 1. The predicted octanol–water partition coefficient (Wildman–Crippen LogP) is 4.67. The number of aromatic nitrogens is 1. The van der Waals surface area contributed by atoms with E-state index < -0.39 is 5.97 Å². The summed E-state index contributed by atoms with van der Waals surface area (Å²) in [5.41, 5.74) is 2.83. The molecule has 0 unspecified atom stereocenters. The summed E-state index contributed by atoms with van der Waals surface area (Å²) in [6.45, 7) is 2.73. The summed E-state index contributed by atoms with van der Waals surface area (Å²) in [5.74, 6) is 1.39. The highest BCUT2D eigenvalue weighted by atomic mass is 16.5. The molecule has 0 saturated carbocycles. The fraction of sp³-hybridized carbons (Fsp3) is 0.348. The molecular formula is C23H27NO6. The third-order valence-electron chi connectivity index (χ3n) is 4.95. The Morgan fingerprint density at radius 2 is 1.70 bits per heavy atom. The fourth-order valence-electron chi connectivity index (χ4n) is 3.44. The molecule has 2 N–H and O–H groups in total. The molecule has 2 aromatic carbocycles. The third kappa shape index (κ3) is 4.30. The van der Waals surface area contributed by atoms with Crippen LogP contribution in [0.3, 0.4) is 0 Å². The number of ether oxygens (including phenoxy) is 4. The lowest BCUT2D eigenvalue weighted by Crippen LogP contribution is -2.02. The standard InChI is InChI=1S/C23H27NO6/c1-5-6-9-30-14-7-8-18-15(10-14)16(12-22(25)26)23(24-18)17-11-20(28-3)21(29-4)13-19(17)27-2/h7-8,10-11,13,24H,5-6,9,12H2,1-4H3,(H,25,26). The van der Waals surface area contributed by atoms with Crippen molar-refractivity contribution in [2.45, 2.75) is 26.2 Å². The Balaban J connectivity index is 2.18. The van der Waals surface area contributed by atoms with E-state index >= 15 is 0 Å². The summed E-state index contributed by atoms with van der Waals surface area (Å²) in [6.07, 6.45) is 1.85. The van der Waals surface area contributed by atoms with Gasteiger partial charge in [-0.3, -0.25) is 4.79 Å². The molecule has 0 radical (unpaired) electrons. The van der Waals surface area contributed by atoms with Crippen molar-refractivity contribution in [3.05, 3.63) is 35.9 Å². The van der Waals surface area contributed by atoms with Gasteiger partial charge in [0, 0.05) is 22.5 Å². The molecule has 0 amide bonds. The monoisotopic (exact) mass is 413 g/mol. The van der Waals surface area contributed by atoms with Crippen LogP contribution >= 0.6 is 0 Å². The summed E-state index contributed by atoms with van der Waals surface area (Å²) in [7, 11) is 4.66. The minimum Gasteiger partial charge on any atom is -0.496 e. The molecule has 160 valence electrons. The number of hydrogen-bond donors (Lipinski definition) is 2. The first kappa shape index (κ1) is 21.4. The lowest BCUT2D eigenvalue weighted by atomic mass is 10.0. The molecule has 0 aliphatic rings. The minimum atomic E-state index is -0.922. The molecular weight excluding hydrogens is 386 g/mol. The Bertz CT molecular complexity index is 1040. The van der Waals surface area contributed by atoms with E-state index in [1.54, 1.807) is 33.5 Å². The molecule has 7 heteroatoms. The second kappa shape index (κ2) is 9.43. The van der Waals surface area contributed by atoms with E-state index in [1.165, 1.54) is 0 Å². The Labute approximate surface area is 175 Å². The average molecular weight is 413 g/mol. The Morgan fingerprint density at radius 1 is 1.00 bits per heavy atom. The van der Waals surface area contributed by atoms with Crippen LogP contribution in [0.1, 0.15) is 25.3 Å². The third-order valence-corrected chi connectivity index (χ3v) is 4.95. The van der Waals surface area contributed by atoms with Gasteiger partial charge in [-0.15, -0.1) is 0 Å². The van der Waals surface area contributed by atoms with E-state index in [-0.39, 0.29) is 6.42 Å². The van der Waals surface area contributed by atoms with Gasteiger partial charge in [-0.1, -0.05) is 13.3 Å². The highest BCUT2D eigenvalue weighted by Crippen LogP contribution is 2.43. The summed E-state index contributed by atoms with van der Waals surface area (Å²) >= 11 is 0. The molecule has 1 aromatic heterocycles. The maximum absolute atomic E-state index is 11.6. The van der Waals surface area contributed by atoms with Gasteiger partial charge in [0.15, 0.2) is 11.5 Å². The molecule has 0 saturated heterocycles. The zero-order valence-electron chi connectivity index (χ0n) is 17.7. The van der Waals surface area contributed by atoms with Crippen LogP contribution in [0.4, 0.5) is 0 Å². The first-order valence-corrected chi connectivity index (χ1v) is 9.81. The predicted molar refractivity (Wildman–Crippen MR) is 115 cm³/mol. The number of unbranched alkanes of at least 4 members (excludes halogenated alkanes) is 1. The molecule has 30 heavy (non-hydrogen) atoms. The summed E-state index contributed by atoms with van der Waals surface area (Å²) in [5, 5.41) is 10.4. The van der Waals surface area contributed by atoms with Gasteiger partial charge in [0.1, 0.15) is 11.5 Å². The molecule has 3 aromatic rings. The molecule has 0 fully saturated rings. The number of carbonyl (C=O) groups is 1. The normalized spacial score (nSPS) is 10.8. The van der Waals surface area contributed by atoms with E-state index in [0.717, 1.165) is 23.7 Å². The number of carboxylic acid groups (broad SMARTS) is 1. The van der Waals surface area contributed by atoms with Gasteiger partial charge >= 0.3 is 5.97 Å². The average Bonchev–Trinajstić information content (AvgIpc) is 3.09. The van der Waals surface area contributed by atoms with Crippen LogP contribution < -0.4 is 18.9 Å². The molecule has 0 spiro atoms. The van der Waals surface area contributed by atoms with Crippen molar-refractivity contribution in [2.24, 2.45) is 0 Å². The van der Waals surface area contributed by atoms with Crippen molar-refractivity contribution in [3.8, 4) is 34.3 Å². The van der Waals surface area contributed by atoms with Gasteiger partial charge in [0.2, 0.25) is 0 Å². The van der Waals surface area contributed by atoms with Crippen LogP contribution in [0.25, 0.3) is 22.2 Å². The van der Waals surface area contributed by atoms with Gasteiger partial charge in [0.25, 0.3) is 0 Å². The molecule has 7 nitrogen and oxygen atoms in total. The maximum atomic E-state index is 11.6. The van der Waals surface area contributed by atoms with Crippen molar-refractivity contribution in [1.29, 1.82) is 0 Å². The molecule has 0 atom stereocenters. The minimum absolute atomic E-state index is 0.148. The van der Waals surface area contributed by atoms with E-state index in [9.17, 15) is 9.90 Å². The molecule has 1 heterocycles. The number of aliphatic carboxylic acids is 1. The van der Waals surface area contributed by atoms with Gasteiger partial charge in [-0.25, -0.2) is 0 Å². The lowest BCUT2D eigenvalue weighted by molar-refractivity contribution is -0.136. The van der Waals surface area contributed by atoms with Crippen LogP contribution in [-0.4, -0.2) is 44.0 Å². The Morgan fingerprint density at radius 3 is 2.33 bits per heavy atom. The number of aromatic amines is 1. The topological polar surface area (TPSA) is 90.0 Å². The van der Waals surface area contributed by atoms with Crippen LogP contribution in [-0.2, 0) is 11.2 Å². The zero-order valence-corrected chi connectivity index (χ0v) is 17.7. The highest BCUT2D eigenvalue weighted by Gasteiger charge is 2.21. The van der Waals surface area contributed by atoms with E-state index in [1.807, 2.05) is 18.2 Å². The fourth-order valence-corrected chi connectivity index (χ4v) is 3.44. The van der Waals surface area contributed by atoms with E-state index in [2.05, 4.69) is 11.9 Å². The zero-order chi connectivity index (χ0) is 21.7. The first-order valence-electron chi connectivity index (χ1n) is 9.81. The summed E-state index contributed by atoms with van der Waals surface area (Å²) < 4.78 is 22.2. The van der Waals surface area contributed by atoms with Crippen molar-refractivity contribution in [2.75, 3.05) is 27.9 Å². The van der Waals surface area contributed by atoms with Crippen molar-refractivity contribution >= 4 is 16.9 Å². The quantitative estimate of drug-likeness (QED) is 0.470. The molecule has 0 bridgehead atoms. The van der Waals surface area contributed by atoms with Crippen LogP contribution in [0.5, 0.6) is 23.0 Å². The number of carboxylic acids is 1. The number of methoxy groups -OCH3 is 3. The first-order chi connectivity index (χ1) is 14.5. The summed E-state index contributed by atoms with van der Waals surface area (Å²) in [6, 6.07) is 9.18. The largest absolute Gasteiger partial charge is 0.496 e. The smallest absolute Gasteiger partial charge is 0.307 e. The van der Waals surface area contributed by atoms with Crippen molar-refractivity contribution < 1.29 is 28.8 Å². The molecule has 3 rings (SSSR count). The summed E-state index contributed by atoms with van der Waals surface area (Å²) in [4.78, 5) is 15.0. The van der Waals surface area contributed by atoms with Crippen molar-refractivity contribution in [3.63, 3.8) is 0 Å². The van der Waals surface area contributed by atoms with Crippen LogP contribution in [0.2, 0.25) is 0 Å². The van der Waals surface area contributed by atoms with Gasteiger partial charge < -0.3 is 29.0 Å². The van der Waals surface area contributed by atoms with Crippen molar-refractivity contribution in [1.82, 2.24) is 4.98 Å². The number of hydrogen-bond acceptors (Lipinski definition) is 5. The highest BCUT2D eigenvalue weighted by molar-refractivity contribution is 5.96. The number of fused-ring (bicyclic) bond motifs is 1. The molecule has 0 aliphatic heterocycles. The van der Waals surface area contributed by atoms with Crippen LogP contribution in [0.15, 0.2) is 30.3 Å². The SMILES string of the molecule is CCCCOc1ccc2[nH]c(-c3cc(OC)c(OC)cc3OC)c(CC(=O)O)c2c1. The van der Waals surface area contributed by atoms with Gasteiger partial charge in [0.05, 0.1) is 40.1 Å². The van der Waals surface area contributed by atoms with E-state index in [4.69, 9.17) is 18.9 Å². The molecule has 0 aliphatic carbocycles. The Hall–Kier alpha value is -3.35. The second-order valence-electron chi connectivity index (χ2n) is 6.87. The number of nitrogens with one attached hydrogen (secondary N) is 1.